The van der Waals surface area contributed by atoms with Crippen LogP contribution >= 0.6 is 0 Å². The fourth-order valence-electron chi connectivity index (χ4n) is 4.14. The summed E-state index contributed by atoms with van der Waals surface area (Å²) in [6, 6.07) is 14.6. The highest BCUT2D eigenvalue weighted by Gasteiger charge is 2.20. The van der Waals surface area contributed by atoms with Crippen molar-refractivity contribution in [3.8, 4) is 5.75 Å². The Morgan fingerprint density at radius 1 is 1.03 bits per heavy atom. The average Bonchev–Trinajstić information content (AvgIpc) is 3.27. The number of carbonyl (C=O) groups excluding carboxylic acids is 1. The van der Waals surface area contributed by atoms with Crippen LogP contribution in [-0.4, -0.2) is 31.6 Å². The van der Waals surface area contributed by atoms with E-state index in [0.717, 1.165) is 12.0 Å². The molecule has 0 unspecified atom stereocenters. The second-order valence-electron chi connectivity index (χ2n) is 9.12. The van der Waals surface area contributed by atoms with Crippen molar-refractivity contribution in [1.82, 2.24) is 18.7 Å². The molecule has 4 rings (SSSR count). The highest BCUT2D eigenvalue weighted by atomic mass is 16.5. The molecule has 0 spiro atoms. The number of ether oxygens (including phenoxy) is 1. The molecule has 0 bridgehead atoms. The molecule has 0 aliphatic heterocycles. The number of ketones is 1. The number of rotatable bonds is 9. The van der Waals surface area contributed by atoms with E-state index in [1.54, 1.807) is 29.1 Å². The van der Waals surface area contributed by atoms with Crippen molar-refractivity contribution in [2.24, 2.45) is 5.92 Å². The summed E-state index contributed by atoms with van der Waals surface area (Å²) in [5.41, 5.74) is 1.88. The third-order valence-corrected chi connectivity index (χ3v) is 6.13. The number of benzene rings is 2. The van der Waals surface area contributed by atoms with Gasteiger partial charge in [0.25, 0.3) is 5.56 Å². The maximum Gasteiger partial charge on any atom is 0.333 e. The average molecular weight is 475 g/mol. The summed E-state index contributed by atoms with van der Waals surface area (Å²) >= 11 is 0. The Balaban J connectivity index is 1.92. The molecule has 0 amide bonds. The molecular weight excluding hydrogens is 444 g/mol. The van der Waals surface area contributed by atoms with E-state index in [2.05, 4.69) is 18.8 Å². The molecule has 182 valence electrons. The quantitative estimate of drug-likeness (QED) is 0.345. The number of hydrogen-bond acceptors (Lipinski definition) is 5. The third kappa shape index (κ3) is 4.96. The van der Waals surface area contributed by atoms with Gasteiger partial charge in [-0.15, -0.1) is 0 Å². The lowest BCUT2D eigenvalue weighted by atomic mass is 10.1. The summed E-state index contributed by atoms with van der Waals surface area (Å²) in [5.74, 6) is 0.845. The Kier molecular flexibility index (Phi) is 7.00. The summed E-state index contributed by atoms with van der Waals surface area (Å²) in [4.78, 5) is 43.8. The van der Waals surface area contributed by atoms with Crippen LogP contribution in [0.1, 0.15) is 48.7 Å². The third-order valence-electron chi connectivity index (χ3n) is 6.13. The highest BCUT2D eigenvalue weighted by molar-refractivity contribution is 5.94. The number of carbonyl (C=O) groups is 1. The Hall–Kier alpha value is -3.94. The maximum absolute atomic E-state index is 13.7. The van der Waals surface area contributed by atoms with Crippen LogP contribution in [0.5, 0.6) is 5.75 Å². The standard InChI is InChI=1S/C27H30N4O4/c1-18(2)12-13-29-17-28-25-24(29)26(33)31(27(34)30(25)15-20-8-6-5-7-9-20)16-22-14-21(19(3)32)10-11-23(22)35-4/h5-11,14,17-18H,12-13,15-16H2,1-4H3. The molecule has 35 heavy (non-hydrogen) atoms. The number of methoxy groups -OCH3 is 1. The number of nitrogens with zero attached hydrogens (tertiary/aromatic N) is 4. The molecule has 0 fully saturated rings. The van der Waals surface area contributed by atoms with E-state index >= 15 is 0 Å². The van der Waals surface area contributed by atoms with Crippen LogP contribution in [0, 0.1) is 5.92 Å². The van der Waals surface area contributed by atoms with Gasteiger partial charge < -0.3 is 9.30 Å². The normalized spacial score (nSPS) is 11.3. The summed E-state index contributed by atoms with van der Waals surface area (Å²) < 4.78 is 10.0. The minimum absolute atomic E-state index is 0.0257. The molecule has 4 aromatic rings. The maximum atomic E-state index is 13.7. The summed E-state index contributed by atoms with van der Waals surface area (Å²) in [5, 5.41) is 0. The van der Waals surface area contributed by atoms with E-state index in [-0.39, 0.29) is 18.9 Å². The summed E-state index contributed by atoms with van der Waals surface area (Å²) in [6.07, 6.45) is 2.51. The predicted octanol–water partition coefficient (Wildman–Crippen LogP) is 3.71. The Morgan fingerprint density at radius 3 is 2.43 bits per heavy atom. The summed E-state index contributed by atoms with van der Waals surface area (Å²) in [6.45, 7) is 6.60. The van der Waals surface area contributed by atoms with Gasteiger partial charge in [0.1, 0.15) is 5.75 Å². The van der Waals surface area contributed by atoms with Crippen molar-refractivity contribution in [2.45, 2.75) is 46.8 Å². The molecule has 2 aromatic carbocycles. The number of aromatic nitrogens is 4. The van der Waals surface area contributed by atoms with Gasteiger partial charge in [0, 0.05) is 17.7 Å². The van der Waals surface area contributed by atoms with Gasteiger partial charge in [-0.3, -0.25) is 18.7 Å². The van der Waals surface area contributed by atoms with Crippen LogP contribution in [0.4, 0.5) is 0 Å². The van der Waals surface area contributed by atoms with E-state index < -0.39 is 11.2 Å². The fraction of sp³-hybridized carbons (Fsp3) is 0.333. The first-order chi connectivity index (χ1) is 16.8. The molecule has 0 aliphatic carbocycles. The van der Waals surface area contributed by atoms with Gasteiger partial charge in [0.05, 0.1) is 26.5 Å². The first kappa shape index (κ1) is 24.2. The Morgan fingerprint density at radius 2 is 1.77 bits per heavy atom. The smallest absolute Gasteiger partial charge is 0.333 e. The van der Waals surface area contributed by atoms with Gasteiger partial charge in [0.15, 0.2) is 16.9 Å². The molecule has 0 atom stereocenters. The predicted molar refractivity (Wildman–Crippen MR) is 135 cm³/mol. The first-order valence-electron chi connectivity index (χ1n) is 11.7. The van der Waals surface area contributed by atoms with E-state index in [1.807, 2.05) is 34.9 Å². The molecule has 0 N–H and O–H groups in total. The van der Waals surface area contributed by atoms with Crippen molar-refractivity contribution in [3.63, 3.8) is 0 Å². The van der Waals surface area contributed by atoms with Crippen molar-refractivity contribution < 1.29 is 9.53 Å². The number of fused-ring (bicyclic) bond motifs is 1. The lowest BCUT2D eigenvalue weighted by molar-refractivity contribution is 0.101. The van der Waals surface area contributed by atoms with Gasteiger partial charge in [-0.2, -0.15) is 0 Å². The van der Waals surface area contributed by atoms with Crippen molar-refractivity contribution in [1.29, 1.82) is 0 Å². The van der Waals surface area contributed by atoms with E-state index in [4.69, 9.17) is 4.74 Å². The zero-order chi connectivity index (χ0) is 25.1. The molecule has 0 saturated heterocycles. The molecule has 8 heteroatoms. The Labute approximate surface area is 203 Å². The van der Waals surface area contributed by atoms with E-state index in [1.165, 1.54) is 18.6 Å². The van der Waals surface area contributed by atoms with E-state index in [0.29, 0.717) is 40.5 Å². The van der Waals surface area contributed by atoms with Crippen molar-refractivity contribution in [3.05, 3.63) is 92.4 Å². The van der Waals surface area contributed by atoms with Gasteiger partial charge in [-0.25, -0.2) is 9.78 Å². The topological polar surface area (TPSA) is 88.1 Å². The zero-order valence-electron chi connectivity index (χ0n) is 20.5. The zero-order valence-corrected chi connectivity index (χ0v) is 20.5. The second kappa shape index (κ2) is 10.1. The van der Waals surface area contributed by atoms with Crippen molar-refractivity contribution in [2.75, 3.05) is 7.11 Å². The molecule has 2 heterocycles. The van der Waals surface area contributed by atoms with Crippen LogP contribution in [0.15, 0.2) is 64.4 Å². The molecule has 0 aliphatic rings. The SMILES string of the molecule is COc1ccc(C(C)=O)cc1Cn1c(=O)c2c(ncn2CCC(C)C)n(Cc2ccccc2)c1=O. The van der Waals surface area contributed by atoms with E-state index in [9.17, 15) is 14.4 Å². The second-order valence-corrected chi connectivity index (χ2v) is 9.12. The molecule has 0 radical (unpaired) electrons. The number of Topliss-reactive ketones (excluding diaryl/α,β-unsaturated/α-hetero) is 1. The van der Waals surface area contributed by atoms with Gasteiger partial charge >= 0.3 is 5.69 Å². The van der Waals surface area contributed by atoms with Gasteiger partial charge in [-0.1, -0.05) is 44.2 Å². The van der Waals surface area contributed by atoms with Crippen LogP contribution in [0.3, 0.4) is 0 Å². The minimum atomic E-state index is -0.462. The van der Waals surface area contributed by atoms with Gasteiger partial charge in [-0.05, 0) is 43.0 Å². The number of imidazole rings is 1. The number of hydrogen-bond donors (Lipinski definition) is 0. The molecular formula is C27H30N4O4. The van der Waals surface area contributed by atoms with Crippen molar-refractivity contribution >= 4 is 16.9 Å². The molecule has 8 nitrogen and oxygen atoms in total. The van der Waals surface area contributed by atoms with Crippen LogP contribution < -0.4 is 16.0 Å². The molecule has 0 saturated carbocycles. The Bertz CT molecular complexity index is 1480. The lowest BCUT2D eigenvalue weighted by Crippen LogP contribution is -2.41. The fourth-order valence-corrected chi connectivity index (χ4v) is 4.14. The molecule has 2 aromatic heterocycles. The van der Waals surface area contributed by atoms with Crippen LogP contribution in [-0.2, 0) is 19.6 Å². The lowest BCUT2D eigenvalue weighted by Gasteiger charge is -2.15. The highest BCUT2D eigenvalue weighted by Crippen LogP contribution is 2.21. The largest absolute Gasteiger partial charge is 0.496 e. The van der Waals surface area contributed by atoms with Crippen LogP contribution in [0.25, 0.3) is 11.2 Å². The van der Waals surface area contributed by atoms with Gasteiger partial charge in [0.2, 0.25) is 0 Å². The number of aryl methyl sites for hydroxylation is 1. The summed E-state index contributed by atoms with van der Waals surface area (Å²) in [7, 11) is 1.52. The van der Waals surface area contributed by atoms with Crippen LogP contribution in [0.2, 0.25) is 0 Å². The first-order valence-corrected chi connectivity index (χ1v) is 11.7. The minimum Gasteiger partial charge on any atom is -0.496 e. The monoisotopic (exact) mass is 474 g/mol.